The minimum atomic E-state index is -1.13. The van der Waals surface area contributed by atoms with Crippen molar-refractivity contribution in [2.45, 2.75) is 19.4 Å². The van der Waals surface area contributed by atoms with E-state index < -0.39 is 17.5 Å². The molecule has 2 heterocycles. The summed E-state index contributed by atoms with van der Waals surface area (Å²) in [5, 5.41) is 25.6. The molecule has 0 radical (unpaired) electrons. The van der Waals surface area contributed by atoms with Crippen LogP contribution in [0.3, 0.4) is 0 Å². The molecule has 12 nitrogen and oxygen atoms in total. The number of aromatic nitrogens is 4. The molecule has 2 aromatic carbocycles. The highest BCUT2D eigenvalue weighted by atomic mass is 19.2. The van der Waals surface area contributed by atoms with Gasteiger partial charge in [-0.25, -0.2) is 18.7 Å². The van der Waals surface area contributed by atoms with Gasteiger partial charge in [0.25, 0.3) is 0 Å². The van der Waals surface area contributed by atoms with Crippen molar-refractivity contribution in [2.75, 3.05) is 50.7 Å². The number of aliphatic hydroxyl groups excluding tert-OH is 1. The number of fused-ring (bicyclic) bond motifs is 1. The third-order valence-electron chi connectivity index (χ3n) is 5.82. The first-order valence-corrected chi connectivity index (χ1v) is 12.8. The number of methoxy groups -OCH3 is 1. The summed E-state index contributed by atoms with van der Waals surface area (Å²) < 4.78 is 44.1. The third-order valence-corrected chi connectivity index (χ3v) is 5.82. The number of nitrogens with one attached hydrogen (secondary N) is 4. The summed E-state index contributed by atoms with van der Waals surface area (Å²) in [4.78, 5) is 21.1. The van der Waals surface area contributed by atoms with Gasteiger partial charge in [0.05, 0.1) is 48.9 Å². The Hall–Kier alpha value is -4.40. The van der Waals surface area contributed by atoms with Crippen LogP contribution in [-0.4, -0.2) is 77.3 Å². The van der Waals surface area contributed by atoms with E-state index in [-0.39, 0.29) is 31.4 Å². The summed E-state index contributed by atoms with van der Waals surface area (Å²) in [6.07, 6.45) is 1.23. The van der Waals surface area contributed by atoms with Crippen LogP contribution in [0.5, 0.6) is 11.5 Å². The molecule has 0 aliphatic carbocycles. The van der Waals surface area contributed by atoms with Gasteiger partial charge in [-0.15, -0.1) is 0 Å². The van der Waals surface area contributed by atoms with E-state index in [4.69, 9.17) is 14.2 Å². The second-order valence-electron chi connectivity index (χ2n) is 8.84. The molecule has 14 heteroatoms. The number of benzene rings is 2. The normalized spacial score (nSPS) is 11.8. The lowest BCUT2D eigenvalue weighted by atomic mass is 10.2. The van der Waals surface area contributed by atoms with E-state index in [0.717, 1.165) is 6.07 Å². The molecule has 0 aliphatic rings. The van der Waals surface area contributed by atoms with Gasteiger partial charge in [-0.05, 0) is 19.1 Å². The Morgan fingerprint density at radius 2 is 2.02 bits per heavy atom. The Kier molecular flexibility index (Phi) is 10.3. The first kappa shape index (κ1) is 29.6. The zero-order valence-electron chi connectivity index (χ0n) is 22.5. The van der Waals surface area contributed by atoms with Crippen molar-refractivity contribution in [3.8, 4) is 11.5 Å². The molecule has 0 spiro atoms. The first-order valence-electron chi connectivity index (χ1n) is 12.8. The van der Waals surface area contributed by atoms with E-state index in [1.54, 1.807) is 25.3 Å². The van der Waals surface area contributed by atoms with Gasteiger partial charge in [-0.3, -0.25) is 9.89 Å². The van der Waals surface area contributed by atoms with Crippen LogP contribution in [0.4, 0.5) is 26.1 Å². The van der Waals surface area contributed by atoms with Gasteiger partial charge >= 0.3 is 0 Å². The topological polar surface area (TPSA) is 156 Å². The quantitative estimate of drug-likeness (QED) is 0.135. The molecule has 218 valence electrons. The molecule has 41 heavy (non-hydrogen) atoms. The Morgan fingerprint density at radius 1 is 1.17 bits per heavy atom. The van der Waals surface area contributed by atoms with Crippen LogP contribution in [0.15, 0.2) is 42.7 Å². The van der Waals surface area contributed by atoms with E-state index in [1.807, 2.05) is 6.92 Å². The molecule has 5 N–H and O–H groups in total. The summed E-state index contributed by atoms with van der Waals surface area (Å²) in [5.41, 5.74) is 0.743. The fourth-order valence-electron chi connectivity index (χ4n) is 3.99. The zero-order chi connectivity index (χ0) is 29.2. The number of carbonyl (C=O) groups is 1. The van der Waals surface area contributed by atoms with E-state index in [0.29, 0.717) is 59.5 Å². The van der Waals surface area contributed by atoms with Crippen molar-refractivity contribution in [1.82, 2.24) is 25.5 Å². The maximum Gasteiger partial charge on any atom is 0.230 e. The van der Waals surface area contributed by atoms with Crippen molar-refractivity contribution in [2.24, 2.45) is 0 Å². The van der Waals surface area contributed by atoms with Crippen molar-refractivity contribution in [3.63, 3.8) is 0 Å². The largest absolute Gasteiger partial charge is 0.494 e. The zero-order valence-corrected chi connectivity index (χ0v) is 22.5. The number of amides is 1. The van der Waals surface area contributed by atoms with E-state index in [9.17, 15) is 18.7 Å². The number of rotatable bonds is 15. The minimum absolute atomic E-state index is 0.0759. The smallest absolute Gasteiger partial charge is 0.230 e. The average molecular weight is 572 g/mol. The highest BCUT2D eigenvalue weighted by molar-refractivity contribution is 5.96. The molecule has 1 amide bonds. The van der Waals surface area contributed by atoms with Gasteiger partial charge in [0, 0.05) is 37.5 Å². The Bertz CT molecular complexity index is 1470. The summed E-state index contributed by atoms with van der Waals surface area (Å²) in [6, 6.07) is 8.42. The number of hydrogen-bond acceptors (Lipinski definition) is 10. The molecular weight excluding hydrogens is 540 g/mol. The van der Waals surface area contributed by atoms with Crippen LogP contribution in [0.1, 0.15) is 12.6 Å². The molecule has 4 rings (SSSR count). The third kappa shape index (κ3) is 7.84. The SMILES string of the molecule is CCOc1cc(OCCN[C@H](CO)COC)c2c(Nc3cc(CC(=O)Nc4cccc(F)c4F)[nH]n3)ncnc2c1. The van der Waals surface area contributed by atoms with Gasteiger partial charge in [0.15, 0.2) is 17.5 Å². The molecule has 4 aromatic rings. The lowest BCUT2D eigenvalue weighted by Crippen LogP contribution is -2.38. The minimum Gasteiger partial charge on any atom is -0.494 e. The van der Waals surface area contributed by atoms with Gasteiger partial charge < -0.3 is 35.3 Å². The number of nitrogens with zero attached hydrogens (tertiary/aromatic N) is 3. The van der Waals surface area contributed by atoms with Crippen LogP contribution >= 0.6 is 0 Å². The lowest BCUT2D eigenvalue weighted by molar-refractivity contribution is -0.115. The fraction of sp³-hybridized carbons (Fsp3) is 0.333. The Labute approximate surface area is 234 Å². The van der Waals surface area contributed by atoms with Crippen molar-refractivity contribution in [1.29, 1.82) is 0 Å². The van der Waals surface area contributed by atoms with E-state index in [2.05, 4.69) is 36.1 Å². The Morgan fingerprint density at radius 3 is 2.80 bits per heavy atom. The van der Waals surface area contributed by atoms with Crippen molar-refractivity contribution in [3.05, 3.63) is 60.1 Å². The highest BCUT2D eigenvalue weighted by Gasteiger charge is 2.16. The molecule has 0 saturated carbocycles. The van der Waals surface area contributed by atoms with Crippen LogP contribution in [-0.2, 0) is 16.0 Å². The summed E-state index contributed by atoms with van der Waals surface area (Å²) in [6.45, 7) is 3.32. The average Bonchev–Trinajstić information content (AvgIpc) is 3.39. The molecule has 0 fully saturated rings. The molecule has 0 aliphatic heterocycles. The number of aromatic amines is 1. The lowest BCUT2D eigenvalue weighted by Gasteiger charge is -2.17. The predicted octanol–water partition coefficient (Wildman–Crippen LogP) is 2.93. The first-order chi connectivity index (χ1) is 19.9. The second kappa shape index (κ2) is 14.3. The van der Waals surface area contributed by atoms with Crippen LogP contribution < -0.4 is 25.4 Å². The van der Waals surface area contributed by atoms with Crippen molar-refractivity contribution < 1.29 is 32.9 Å². The fourth-order valence-corrected chi connectivity index (χ4v) is 3.99. The van der Waals surface area contributed by atoms with Crippen molar-refractivity contribution >= 4 is 34.1 Å². The number of H-pyrrole nitrogens is 1. The number of anilines is 3. The summed E-state index contributed by atoms with van der Waals surface area (Å²) in [5.74, 6) is -0.943. The van der Waals surface area contributed by atoms with Crippen LogP contribution in [0, 0.1) is 11.6 Å². The predicted molar refractivity (Wildman–Crippen MR) is 148 cm³/mol. The standard InChI is InChI=1S/C27H31F2N7O5/c1-3-40-18-11-21-25(22(12-18)41-8-7-30-17(13-37)14-39-2)27(32-15-31-21)34-23-9-16(35-36-23)10-24(38)33-20-6-4-5-19(28)26(20)29/h4-6,9,11-12,15,17,30,37H,3,7-8,10,13-14H2,1-2H3,(H,33,38)(H2,31,32,34,35,36)/t17-/m1/s1. The van der Waals surface area contributed by atoms with Crippen LogP contribution in [0.2, 0.25) is 0 Å². The molecule has 1 atom stereocenters. The van der Waals surface area contributed by atoms with Gasteiger partial charge in [-0.2, -0.15) is 5.10 Å². The summed E-state index contributed by atoms with van der Waals surface area (Å²) in [7, 11) is 1.56. The molecule has 0 unspecified atom stereocenters. The maximum absolute atomic E-state index is 13.9. The van der Waals surface area contributed by atoms with E-state index >= 15 is 0 Å². The number of carbonyl (C=O) groups excluding carboxylic acids is 1. The Balaban J connectivity index is 1.49. The van der Waals surface area contributed by atoms with Crippen LogP contribution in [0.25, 0.3) is 10.9 Å². The molecular formula is C27H31F2N7O5. The van der Waals surface area contributed by atoms with Gasteiger partial charge in [0.1, 0.15) is 30.3 Å². The number of halogens is 2. The highest BCUT2D eigenvalue weighted by Crippen LogP contribution is 2.35. The van der Waals surface area contributed by atoms with E-state index in [1.165, 1.54) is 18.5 Å². The van der Waals surface area contributed by atoms with Gasteiger partial charge in [0.2, 0.25) is 5.91 Å². The molecule has 0 saturated heterocycles. The summed E-state index contributed by atoms with van der Waals surface area (Å²) >= 11 is 0. The van der Waals surface area contributed by atoms with Gasteiger partial charge in [-0.1, -0.05) is 6.07 Å². The number of ether oxygens (including phenoxy) is 3. The monoisotopic (exact) mass is 571 g/mol. The molecule has 0 bridgehead atoms. The maximum atomic E-state index is 13.9. The number of aliphatic hydroxyl groups is 1. The second-order valence-corrected chi connectivity index (χ2v) is 8.84. The number of hydrogen-bond donors (Lipinski definition) is 5. The molecule has 2 aromatic heterocycles.